The van der Waals surface area contributed by atoms with Gasteiger partial charge in [-0.3, -0.25) is 0 Å². The Morgan fingerprint density at radius 2 is 1.78 bits per heavy atom. The van der Waals surface area contributed by atoms with E-state index in [0.717, 1.165) is 18.4 Å². The van der Waals surface area contributed by atoms with Crippen LogP contribution in [0.2, 0.25) is 0 Å². The molecule has 1 nitrogen and oxygen atoms in total. The first-order chi connectivity index (χ1) is 8.46. The lowest BCUT2D eigenvalue weighted by Crippen LogP contribution is -2.39. The number of aryl methyl sites for hydroxylation is 1. The zero-order valence-electron chi connectivity index (χ0n) is 12.3. The van der Waals surface area contributed by atoms with E-state index >= 15 is 0 Å². The second kappa shape index (κ2) is 5.44. The van der Waals surface area contributed by atoms with Crippen LogP contribution in [-0.2, 0) is 0 Å². The molecule has 0 radical (unpaired) electrons. The zero-order chi connectivity index (χ0) is 13.2. The average Bonchev–Trinajstić information content (AvgIpc) is 2.75. The van der Waals surface area contributed by atoms with Gasteiger partial charge >= 0.3 is 0 Å². The molecule has 1 aliphatic rings. The predicted molar refractivity (Wildman–Crippen MR) is 79.0 cm³/mol. The summed E-state index contributed by atoms with van der Waals surface area (Å²) in [4.78, 5) is 0. The minimum atomic E-state index is 0.237. The lowest BCUT2D eigenvalue weighted by atomic mass is 9.88. The standard InChI is InChI=1S/C17H27N/c1-13-8-10-14(11-9-13)16-7-5-6-15(16)12-18-17(2,3)4/h8-11,15-16,18H,5-7,12H2,1-4H3. The van der Waals surface area contributed by atoms with Gasteiger partial charge < -0.3 is 5.32 Å². The zero-order valence-corrected chi connectivity index (χ0v) is 12.3. The van der Waals surface area contributed by atoms with Crippen LogP contribution in [0.15, 0.2) is 24.3 Å². The molecule has 1 aromatic rings. The van der Waals surface area contributed by atoms with Crippen LogP contribution in [0.5, 0.6) is 0 Å². The topological polar surface area (TPSA) is 12.0 Å². The van der Waals surface area contributed by atoms with E-state index in [-0.39, 0.29) is 5.54 Å². The van der Waals surface area contributed by atoms with E-state index in [9.17, 15) is 0 Å². The van der Waals surface area contributed by atoms with E-state index in [4.69, 9.17) is 0 Å². The Kier molecular flexibility index (Phi) is 4.11. The molecule has 1 fully saturated rings. The second-order valence-corrected chi connectivity index (χ2v) is 6.84. The Hall–Kier alpha value is -0.820. The Labute approximate surface area is 112 Å². The van der Waals surface area contributed by atoms with E-state index in [1.807, 2.05) is 0 Å². The van der Waals surface area contributed by atoms with E-state index in [1.54, 1.807) is 5.56 Å². The fourth-order valence-corrected chi connectivity index (χ4v) is 2.97. The molecule has 1 aliphatic carbocycles. The van der Waals surface area contributed by atoms with Crippen LogP contribution in [0, 0.1) is 12.8 Å². The van der Waals surface area contributed by atoms with E-state index in [2.05, 4.69) is 57.3 Å². The van der Waals surface area contributed by atoms with E-state index in [1.165, 1.54) is 24.8 Å². The Morgan fingerprint density at radius 3 is 2.39 bits per heavy atom. The lowest BCUT2D eigenvalue weighted by molar-refractivity contribution is 0.356. The molecule has 0 amide bonds. The molecule has 1 aromatic carbocycles. The minimum absolute atomic E-state index is 0.237. The highest BCUT2D eigenvalue weighted by molar-refractivity contribution is 5.26. The molecule has 18 heavy (non-hydrogen) atoms. The summed E-state index contributed by atoms with van der Waals surface area (Å²) in [5.41, 5.74) is 3.14. The van der Waals surface area contributed by atoms with E-state index < -0.39 is 0 Å². The fraction of sp³-hybridized carbons (Fsp3) is 0.647. The Bertz CT molecular complexity index is 372. The normalized spacial score (nSPS) is 24.4. The summed E-state index contributed by atoms with van der Waals surface area (Å²) in [6.07, 6.45) is 4.12. The monoisotopic (exact) mass is 245 g/mol. The first-order valence-electron chi connectivity index (χ1n) is 7.27. The van der Waals surface area contributed by atoms with Gasteiger partial charge in [-0.15, -0.1) is 0 Å². The molecule has 2 unspecified atom stereocenters. The van der Waals surface area contributed by atoms with Crippen LogP contribution in [-0.4, -0.2) is 12.1 Å². The number of rotatable bonds is 3. The third-order valence-corrected chi connectivity index (χ3v) is 4.06. The minimum Gasteiger partial charge on any atom is -0.312 e. The van der Waals surface area contributed by atoms with Crippen molar-refractivity contribution in [1.29, 1.82) is 0 Å². The van der Waals surface area contributed by atoms with Gasteiger partial charge in [0.05, 0.1) is 0 Å². The van der Waals surface area contributed by atoms with Gasteiger partial charge in [-0.1, -0.05) is 36.2 Å². The van der Waals surface area contributed by atoms with Gasteiger partial charge in [-0.25, -0.2) is 0 Å². The molecule has 2 atom stereocenters. The van der Waals surface area contributed by atoms with Crippen molar-refractivity contribution in [2.75, 3.05) is 6.54 Å². The van der Waals surface area contributed by atoms with Crippen molar-refractivity contribution in [3.63, 3.8) is 0 Å². The van der Waals surface area contributed by atoms with Crippen LogP contribution in [0.1, 0.15) is 57.1 Å². The van der Waals surface area contributed by atoms with E-state index in [0.29, 0.717) is 0 Å². The smallest absolute Gasteiger partial charge is 0.00966 e. The molecule has 100 valence electrons. The molecule has 1 saturated carbocycles. The maximum Gasteiger partial charge on any atom is 0.00966 e. The molecule has 1 heteroatoms. The molecule has 0 aromatic heterocycles. The van der Waals surface area contributed by atoms with Gasteiger partial charge in [0.25, 0.3) is 0 Å². The Balaban J connectivity index is 2.01. The van der Waals surface area contributed by atoms with Crippen molar-refractivity contribution in [2.24, 2.45) is 5.92 Å². The summed E-state index contributed by atoms with van der Waals surface area (Å²) in [6, 6.07) is 9.16. The highest BCUT2D eigenvalue weighted by atomic mass is 14.9. The first-order valence-corrected chi connectivity index (χ1v) is 7.27. The van der Waals surface area contributed by atoms with Gasteiger partial charge in [0.1, 0.15) is 0 Å². The largest absolute Gasteiger partial charge is 0.312 e. The number of benzene rings is 1. The first kappa shape index (κ1) is 13.6. The van der Waals surface area contributed by atoms with Crippen molar-refractivity contribution < 1.29 is 0 Å². The third-order valence-electron chi connectivity index (χ3n) is 4.06. The quantitative estimate of drug-likeness (QED) is 0.838. The molecule has 0 heterocycles. The molecule has 2 rings (SSSR count). The molecule has 0 bridgehead atoms. The highest BCUT2D eigenvalue weighted by Gasteiger charge is 2.29. The van der Waals surface area contributed by atoms with Crippen LogP contribution in [0.3, 0.4) is 0 Å². The van der Waals surface area contributed by atoms with Crippen molar-refractivity contribution in [3.05, 3.63) is 35.4 Å². The predicted octanol–water partition coefficient (Wildman–Crippen LogP) is 4.27. The summed E-state index contributed by atoms with van der Waals surface area (Å²) in [5.74, 6) is 1.58. The summed E-state index contributed by atoms with van der Waals surface area (Å²) < 4.78 is 0. The van der Waals surface area contributed by atoms with Crippen LogP contribution < -0.4 is 5.32 Å². The maximum absolute atomic E-state index is 3.67. The van der Waals surface area contributed by atoms with Crippen LogP contribution in [0.4, 0.5) is 0 Å². The molecular weight excluding hydrogens is 218 g/mol. The maximum atomic E-state index is 3.67. The van der Waals surface area contributed by atoms with Gasteiger partial charge in [0.15, 0.2) is 0 Å². The summed E-state index contributed by atoms with van der Waals surface area (Å²) in [7, 11) is 0. The molecular formula is C17H27N. The fourth-order valence-electron chi connectivity index (χ4n) is 2.97. The summed E-state index contributed by atoms with van der Waals surface area (Å²) in [5, 5.41) is 3.67. The molecule has 0 aliphatic heterocycles. The number of hydrogen-bond acceptors (Lipinski definition) is 1. The number of nitrogens with one attached hydrogen (secondary N) is 1. The van der Waals surface area contributed by atoms with Crippen molar-refractivity contribution in [3.8, 4) is 0 Å². The Morgan fingerprint density at radius 1 is 1.11 bits per heavy atom. The van der Waals surface area contributed by atoms with Gasteiger partial charge in [0.2, 0.25) is 0 Å². The number of hydrogen-bond donors (Lipinski definition) is 1. The van der Waals surface area contributed by atoms with Gasteiger partial charge in [-0.05, 0) is 64.5 Å². The van der Waals surface area contributed by atoms with Gasteiger partial charge in [-0.2, -0.15) is 0 Å². The SMILES string of the molecule is Cc1ccc(C2CCCC2CNC(C)(C)C)cc1. The summed E-state index contributed by atoms with van der Waals surface area (Å²) >= 11 is 0. The highest BCUT2D eigenvalue weighted by Crippen LogP contribution is 2.39. The molecule has 0 saturated heterocycles. The molecule has 0 spiro atoms. The van der Waals surface area contributed by atoms with Crippen LogP contribution in [0.25, 0.3) is 0 Å². The second-order valence-electron chi connectivity index (χ2n) is 6.84. The average molecular weight is 245 g/mol. The van der Waals surface area contributed by atoms with Crippen molar-refractivity contribution in [1.82, 2.24) is 5.32 Å². The third kappa shape index (κ3) is 3.58. The lowest BCUT2D eigenvalue weighted by Gasteiger charge is -2.26. The van der Waals surface area contributed by atoms with Crippen molar-refractivity contribution >= 4 is 0 Å². The van der Waals surface area contributed by atoms with Gasteiger partial charge in [0, 0.05) is 5.54 Å². The molecule has 1 N–H and O–H groups in total. The summed E-state index contributed by atoms with van der Waals surface area (Å²) in [6.45, 7) is 10.1. The van der Waals surface area contributed by atoms with Crippen LogP contribution >= 0.6 is 0 Å². The van der Waals surface area contributed by atoms with Crippen molar-refractivity contribution in [2.45, 2.75) is 58.4 Å².